The van der Waals surface area contributed by atoms with Crippen molar-refractivity contribution in [2.45, 2.75) is 38.4 Å². The highest BCUT2D eigenvalue weighted by Gasteiger charge is 2.19. The molecule has 0 spiro atoms. The molecule has 0 N–H and O–H groups in total. The summed E-state index contributed by atoms with van der Waals surface area (Å²) < 4.78 is 11.8. The van der Waals surface area contributed by atoms with E-state index in [1.54, 1.807) is 0 Å². The molecular weight excluding hydrogens is 272 g/mol. The molecule has 2 aromatic carbocycles. The van der Waals surface area contributed by atoms with Gasteiger partial charge in [-0.25, -0.2) is 0 Å². The Balaban J connectivity index is 1.57. The van der Waals surface area contributed by atoms with Crippen molar-refractivity contribution in [3.63, 3.8) is 0 Å². The van der Waals surface area contributed by atoms with E-state index in [1.807, 2.05) is 0 Å². The van der Waals surface area contributed by atoms with E-state index in [1.165, 1.54) is 27.8 Å². The average Bonchev–Trinajstić information content (AvgIpc) is 2.92. The largest absolute Gasteiger partial charge is 0.381 e. The van der Waals surface area contributed by atoms with Crippen LogP contribution in [-0.2, 0) is 35.3 Å². The summed E-state index contributed by atoms with van der Waals surface area (Å²) in [5.74, 6) is 0. The van der Waals surface area contributed by atoms with Crippen molar-refractivity contribution in [2.24, 2.45) is 0 Å². The zero-order chi connectivity index (χ0) is 14.8. The molecule has 0 saturated carbocycles. The molecule has 0 amide bonds. The first kappa shape index (κ1) is 14.0. The maximum Gasteiger partial charge on any atom is 0.0832 e. The van der Waals surface area contributed by atoms with Crippen LogP contribution in [0.1, 0.15) is 40.3 Å². The van der Waals surface area contributed by atoms with Crippen LogP contribution in [0.15, 0.2) is 42.5 Å². The smallest absolute Gasteiger partial charge is 0.0832 e. The Kier molecular flexibility index (Phi) is 3.96. The Labute approximate surface area is 132 Å². The molecule has 0 bridgehead atoms. The third kappa shape index (κ3) is 2.81. The molecule has 22 heavy (non-hydrogen) atoms. The number of fused-ring (bicyclic) bond motifs is 2. The zero-order valence-electron chi connectivity index (χ0n) is 12.9. The molecule has 0 radical (unpaired) electrons. The van der Waals surface area contributed by atoms with Crippen LogP contribution in [0.5, 0.6) is 0 Å². The lowest BCUT2D eigenvalue weighted by atomic mass is 9.95. The van der Waals surface area contributed by atoms with Gasteiger partial charge in [-0.1, -0.05) is 42.5 Å². The summed E-state index contributed by atoms with van der Waals surface area (Å²) in [7, 11) is 0. The maximum absolute atomic E-state index is 6.21. The Hall–Kier alpha value is -1.64. The van der Waals surface area contributed by atoms with Gasteiger partial charge >= 0.3 is 0 Å². The summed E-state index contributed by atoms with van der Waals surface area (Å²) in [6, 6.07) is 15.5. The standard InChI is InChI=1S/C20H22O2/c1-2-4-19-14-22-20(8-7-15(19)3-1)18-6-5-16-9-11-21-12-10-17(16)13-18/h1-6,13,20H,7-12,14H2. The molecule has 114 valence electrons. The number of hydrogen-bond acceptors (Lipinski definition) is 2. The van der Waals surface area contributed by atoms with Gasteiger partial charge in [-0.3, -0.25) is 0 Å². The van der Waals surface area contributed by atoms with E-state index in [-0.39, 0.29) is 6.10 Å². The van der Waals surface area contributed by atoms with E-state index in [9.17, 15) is 0 Å². The molecule has 0 saturated heterocycles. The first-order valence-electron chi connectivity index (χ1n) is 8.28. The highest BCUT2D eigenvalue weighted by atomic mass is 16.5. The molecular formula is C20H22O2. The predicted octanol–water partition coefficient (Wildman–Crippen LogP) is 4.01. The van der Waals surface area contributed by atoms with Crippen LogP contribution in [0.2, 0.25) is 0 Å². The van der Waals surface area contributed by atoms with Crippen LogP contribution in [-0.4, -0.2) is 13.2 Å². The highest BCUT2D eigenvalue weighted by molar-refractivity contribution is 5.35. The highest BCUT2D eigenvalue weighted by Crippen LogP contribution is 2.31. The van der Waals surface area contributed by atoms with E-state index in [0.717, 1.165) is 45.5 Å². The average molecular weight is 294 g/mol. The second-order valence-corrected chi connectivity index (χ2v) is 6.25. The van der Waals surface area contributed by atoms with E-state index in [0.29, 0.717) is 0 Å². The van der Waals surface area contributed by atoms with Crippen LogP contribution >= 0.6 is 0 Å². The van der Waals surface area contributed by atoms with Crippen molar-refractivity contribution < 1.29 is 9.47 Å². The van der Waals surface area contributed by atoms with Crippen LogP contribution in [0, 0.1) is 0 Å². The first-order chi connectivity index (χ1) is 10.9. The topological polar surface area (TPSA) is 18.5 Å². The van der Waals surface area contributed by atoms with Gasteiger partial charge in [-0.15, -0.1) is 0 Å². The number of ether oxygens (including phenoxy) is 2. The molecule has 2 aliphatic rings. The summed E-state index contributed by atoms with van der Waals surface area (Å²) in [5.41, 5.74) is 6.99. The molecule has 0 fully saturated rings. The van der Waals surface area contributed by atoms with Gasteiger partial charge in [0.1, 0.15) is 0 Å². The fourth-order valence-electron chi connectivity index (χ4n) is 3.55. The quantitative estimate of drug-likeness (QED) is 0.791. The van der Waals surface area contributed by atoms with Crippen molar-refractivity contribution in [1.29, 1.82) is 0 Å². The van der Waals surface area contributed by atoms with Gasteiger partial charge in [0.15, 0.2) is 0 Å². The lowest BCUT2D eigenvalue weighted by Gasteiger charge is -2.17. The zero-order valence-corrected chi connectivity index (χ0v) is 12.9. The van der Waals surface area contributed by atoms with Crippen LogP contribution in [0.4, 0.5) is 0 Å². The third-order valence-electron chi connectivity index (χ3n) is 4.87. The Morgan fingerprint density at radius 1 is 0.773 bits per heavy atom. The molecule has 2 nitrogen and oxygen atoms in total. The van der Waals surface area contributed by atoms with E-state index in [2.05, 4.69) is 42.5 Å². The SMILES string of the molecule is c1ccc2c(c1)CCC(c1ccc3c(c1)CCOCC3)OC2. The van der Waals surface area contributed by atoms with Crippen LogP contribution in [0.3, 0.4) is 0 Å². The lowest BCUT2D eigenvalue weighted by Crippen LogP contribution is -2.05. The van der Waals surface area contributed by atoms with Crippen LogP contribution < -0.4 is 0 Å². The summed E-state index contributed by atoms with van der Waals surface area (Å²) in [6.45, 7) is 2.41. The van der Waals surface area contributed by atoms with E-state index in [4.69, 9.17) is 9.47 Å². The van der Waals surface area contributed by atoms with Gasteiger partial charge in [0.05, 0.1) is 25.9 Å². The van der Waals surface area contributed by atoms with Gasteiger partial charge in [-0.2, -0.15) is 0 Å². The number of benzene rings is 2. The summed E-state index contributed by atoms with van der Waals surface area (Å²) in [4.78, 5) is 0. The minimum absolute atomic E-state index is 0.210. The summed E-state index contributed by atoms with van der Waals surface area (Å²) in [6.07, 6.45) is 4.43. The Morgan fingerprint density at radius 2 is 1.55 bits per heavy atom. The second kappa shape index (κ2) is 6.23. The van der Waals surface area contributed by atoms with Gasteiger partial charge in [0.25, 0.3) is 0 Å². The minimum Gasteiger partial charge on any atom is -0.381 e. The summed E-state index contributed by atoms with van der Waals surface area (Å²) in [5, 5.41) is 0. The van der Waals surface area contributed by atoms with Crippen molar-refractivity contribution in [2.75, 3.05) is 13.2 Å². The second-order valence-electron chi connectivity index (χ2n) is 6.25. The number of aryl methyl sites for hydroxylation is 1. The number of rotatable bonds is 1. The first-order valence-corrected chi connectivity index (χ1v) is 8.28. The normalized spacial score (nSPS) is 21.4. The number of hydrogen-bond donors (Lipinski definition) is 0. The van der Waals surface area contributed by atoms with Gasteiger partial charge in [0.2, 0.25) is 0 Å². The fourth-order valence-corrected chi connectivity index (χ4v) is 3.55. The molecule has 2 heterocycles. The minimum atomic E-state index is 0.210. The van der Waals surface area contributed by atoms with Crippen molar-refractivity contribution >= 4 is 0 Å². The van der Waals surface area contributed by atoms with E-state index >= 15 is 0 Å². The van der Waals surface area contributed by atoms with Gasteiger partial charge in [0, 0.05) is 0 Å². The van der Waals surface area contributed by atoms with Gasteiger partial charge in [-0.05, 0) is 53.5 Å². The predicted molar refractivity (Wildman–Crippen MR) is 87.0 cm³/mol. The van der Waals surface area contributed by atoms with Crippen molar-refractivity contribution in [3.8, 4) is 0 Å². The van der Waals surface area contributed by atoms with Gasteiger partial charge < -0.3 is 9.47 Å². The van der Waals surface area contributed by atoms with Crippen LogP contribution in [0.25, 0.3) is 0 Å². The lowest BCUT2D eigenvalue weighted by molar-refractivity contribution is 0.0398. The molecule has 1 atom stereocenters. The van der Waals surface area contributed by atoms with Crippen molar-refractivity contribution in [3.05, 3.63) is 70.3 Å². The van der Waals surface area contributed by atoms with Crippen molar-refractivity contribution in [1.82, 2.24) is 0 Å². The third-order valence-corrected chi connectivity index (χ3v) is 4.87. The fraction of sp³-hybridized carbons (Fsp3) is 0.400. The van der Waals surface area contributed by atoms with E-state index < -0.39 is 0 Å². The maximum atomic E-state index is 6.21. The molecule has 0 aliphatic carbocycles. The Bertz CT molecular complexity index is 636. The summed E-state index contributed by atoms with van der Waals surface area (Å²) >= 11 is 0. The molecule has 0 aromatic heterocycles. The molecule has 4 rings (SSSR count). The monoisotopic (exact) mass is 294 g/mol. The molecule has 1 unspecified atom stereocenters. The molecule has 2 aromatic rings. The Morgan fingerprint density at radius 3 is 2.45 bits per heavy atom. The molecule has 2 aliphatic heterocycles. The molecule has 2 heteroatoms.